The minimum Gasteiger partial charge on any atom is -0.326 e. The standard InChI is InChI=1S/C21H23N3O5S/c1-4-14-7-5-6-8-16(14)22-19(25)11-12-30(28,29)15-9-10-17-18(13-15)24(3)21(27)20(26)23(17)2/h5-10,13H,4,11-12H2,1-3H3,(H,22,25). The Kier molecular flexibility index (Phi) is 5.93. The number of fused-ring (bicyclic) bond motifs is 1. The second-order valence-electron chi connectivity index (χ2n) is 7.01. The minimum atomic E-state index is -3.77. The second kappa shape index (κ2) is 8.27. The number of para-hydroxylation sites is 1. The van der Waals surface area contributed by atoms with E-state index in [0.29, 0.717) is 16.7 Å². The lowest BCUT2D eigenvalue weighted by Crippen LogP contribution is -2.39. The van der Waals surface area contributed by atoms with Crippen LogP contribution in [0.15, 0.2) is 56.9 Å². The number of nitrogens with zero attached hydrogens (tertiary/aromatic N) is 2. The van der Waals surface area contributed by atoms with Gasteiger partial charge in [-0.1, -0.05) is 25.1 Å². The average molecular weight is 429 g/mol. The van der Waals surface area contributed by atoms with Gasteiger partial charge in [-0.15, -0.1) is 0 Å². The average Bonchev–Trinajstić information content (AvgIpc) is 2.74. The Morgan fingerprint density at radius 1 is 0.967 bits per heavy atom. The summed E-state index contributed by atoms with van der Waals surface area (Å²) in [4.78, 5) is 36.2. The molecule has 0 bridgehead atoms. The quantitative estimate of drug-likeness (QED) is 0.599. The van der Waals surface area contributed by atoms with Gasteiger partial charge in [0, 0.05) is 26.2 Å². The molecule has 0 saturated heterocycles. The molecule has 0 spiro atoms. The number of anilines is 1. The van der Waals surface area contributed by atoms with E-state index < -0.39 is 26.9 Å². The number of carbonyl (C=O) groups excluding carboxylic acids is 1. The molecule has 0 unspecified atom stereocenters. The molecule has 2 aromatic carbocycles. The number of hydrogen-bond donors (Lipinski definition) is 1. The summed E-state index contributed by atoms with van der Waals surface area (Å²) in [6.07, 6.45) is 0.539. The van der Waals surface area contributed by atoms with Crippen molar-refractivity contribution in [2.24, 2.45) is 14.1 Å². The van der Waals surface area contributed by atoms with Gasteiger partial charge in [0.2, 0.25) is 5.91 Å². The summed E-state index contributed by atoms with van der Waals surface area (Å²) >= 11 is 0. The number of sulfone groups is 1. The summed E-state index contributed by atoms with van der Waals surface area (Å²) in [6, 6.07) is 11.6. The summed E-state index contributed by atoms with van der Waals surface area (Å²) in [7, 11) is -0.896. The topological polar surface area (TPSA) is 107 Å². The van der Waals surface area contributed by atoms with E-state index in [1.165, 1.54) is 36.9 Å². The monoisotopic (exact) mass is 429 g/mol. The third-order valence-corrected chi connectivity index (χ3v) is 6.80. The molecule has 1 aromatic heterocycles. The lowest BCUT2D eigenvalue weighted by atomic mass is 10.1. The third-order valence-electron chi connectivity index (χ3n) is 5.09. The highest BCUT2D eigenvalue weighted by Crippen LogP contribution is 2.19. The van der Waals surface area contributed by atoms with Crippen molar-refractivity contribution in [3.05, 3.63) is 68.7 Å². The highest BCUT2D eigenvalue weighted by Gasteiger charge is 2.19. The predicted molar refractivity (Wildman–Crippen MR) is 116 cm³/mol. The van der Waals surface area contributed by atoms with Crippen LogP contribution in [0.25, 0.3) is 11.0 Å². The highest BCUT2D eigenvalue weighted by molar-refractivity contribution is 7.91. The van der Waals surface area contributed by atoms with E-state index in [9.17, 15) is 22.8 Å². The van der Waals surface area contributed by atoms with Crippen molar-refractivity contribution < 1.29 is 13.2 Å². The smallest absolute Gasteiger partial charge is 0.316 e. The van der Waals surface area contributed by atoms with Gasteiger partial charge in [0.25, 0.3) is 0 Å². The number of aromatic nitrogens is 2. The van der Waals surface area contributed by atoms with Crippen LogP contribution in [0.2, 0.25) is 0 Å². The molecule has 0 aliphatic rings. The van der Waals surface area contributed by atoms with Crippen molar-refractivity contribution >= 4 is 32.5 Å². The van der Waals surface area contributed by atoms with Gasteiger partial charge in [-0.2, -0.15) is 0 Å². The molecule has 0 aliphatic carbocycles. The second-order valence-corrected chi connectivity index (χ2v) is 9.12. The van der Waals surface area contributed by atoms with Gasteiger partial charge in [-0.3, -0.25) is 14.4 Å². The number of rotatable bonds is 6. The van der Waals surface area contributed by atoms with Gasteiger partial charge >= 0.3 is 11.1 Å². The first kappa shape index (κ1) is 21.5. The van der Waals surface area contributed by atoms with Gasteiger partial charge in [0.15, 0.2) is 9.84 Å². The molecular formula is C21H23N3O5S. The fraction of sp³-hybridized carbons (Fsp3) is 0.286. The van der Waals surface area contributed by atoms with Crippen LogP contribution in [0.1, 0.15) is 18.9 Å². The van der Waals surface area contributed by atoms with Gasteiger partial charge in [0.05, 0.1) is 21.7 Å². The van der Waals surface area contributed by atoms with Crippen LogP contribution in [-0.4, -0.2) is 29.2 Å². The molecule has 0 fully saturated rings. The molecule has 1 N–H and O–H groups in total. The van der Waals surface area contributed by atoms with Gasteiger partial charge in [0.1, 0.15) is 0 Å². The maximum Gasteiger partial charge on any atom is 0.316 e. The molecule has 0 aliphatic heterocycles. The maximum absolute atomic E-state index is 12.8. The SMILES string of the molecule is CCc1ccccc1NC(=O)CCS(=O)(=O)c1ccc2c(c1)n(C)c(=O)c(=O)n2C. The lowest BCUT2D eigenvalue weighted by Gasteiger charge is -2.12. The fourth-order valence-corrected chi connectivity index (χ4v) is 4.52. The van der Waals surface area contributed by atoms with Crippen LogP contribution in [0.4, 0.5) is 5.69 Å². The summed E-state index contributed by atoms with van der Waals surface area (Å²) in [5, 5.41) is 2.76. The van der Waals surface area contributed by atoms with Crippen molar-refractivity contribution in [1.82, 2.24) is 9.13 Å². The number of hydrogen-bond acceptors (Lipinski definition) is 5. The summed E-state index contributed by atoms with van der Waals surface area (Å²) in [6.45, 7) is 1.97. The van der Waals surface area contributed by atoms with Crippen LogP contribution in [0.5, 0.6) is 0 Å². The van der Waals surface area contributed by atoms with Crippen molar-refractivity contribution in [3.63, 3.8) is 0 Å². The number of carbonyl (C=O) groups is 1. The van der Waals surface area contributed by atoms with Crippen molar-refractivity contribution in [3.8, 4) is 0 Å². The number of benzene rings is 2. The molecule has 3 aromatic rings. The predicted octanol–water partition coefficient (Wildman–Crippen LogP) is 1.60. The molecule has 8 nitrogen and oxygen atoms in total. The number of nitrogens with one attached hydrogen (secondary N) is 1. The van der Waals surface area contributed by atoms with Crippen LogP contribution in [-0.2, 0) is 35.1 Å². The van der Waals surface area contributed by atoms with Crippen LogP contribution in [0.3, 0.4) is 0 Å². The van der Waals surface area contributed by atoms with Crippen LogP contribution < -0.4 is 16.4 Å². The Morgan fingerprint density at radius 3 is 2.27 bits per heavy atom. The van der Waals surface area contributed by atoms with E-state index >= 15 is 0 Å². The normalized spacial score (nSPS) is 11.6. The van der Waals surface area contributed by atoms with Gasteiger partial charge in [-0.25, -0.2) is 8.42 Å². The molecular weight excluding hydrogens is 406 g/mol. The van der Waals surface area contributed by atoms with E-state index in [1.807, 2.05) is 19.1 Å². The van der Waals surface area contributed by atoms with Gasteiger partial charge in [-0.05, 0) is 36.2 Å². The van der Waals surface area contributed by atoms with Crippen LogP contribution >= 0.6 is 0 Å². The van der Waals surface area contributed by atoms with Crippen molar-refractivity contribution in [1.29, 1.82) is 0 Å². The minimum absolute atomic E-state index is 0.00888. The zero-order chi connectivity index (χ0) is 22.1. The summed E-state index contributed by atoms with van der Waals surface area (Å²) in [5.74, 6) is -0.770. The molecule has 0 atom stereocenters. The number of aryl methyl sites for hydroxylation is 3. The Hall–Kier alpha value is -3.20. The first-order valence-corrected chi connectivity index (χ1v) is 11.1. The molecule has 1 amide bonds. The Morgan fingerprint density at radius 2 is 1.60 bits per heavy atom. The highest BCUT2D eigenvalue weighted by atomic mass is 32.2. The molecule has 9 heteroatoms. The Balaban J connectivity index is 1.83. The zero-order valence-corrected chi connectivity index (χ0v) is 17.8. The first-order valence-electron chi connectivity index (χ1n) is 9.46. The Labute approximate surface area is 173 Å². The van der Waals surface area contributed by atoms with E-state index in [1.54, 1.807) is 12.1 Å². The fourth-order valence-electron chi connectivity index (χ4n) is 3.26. The maximum atomic E-state index is 12.8. The number of amides is 1. The molecule has 0 radical (unpaired) electrons. The van der Waals surface area contributed by atoms with E-state index in [0.717, 1.165) is 16.6 Å². The molecule has 3 rings (SSSR count). The lowest BCUT2D eigenvalue weighted by molar-refractivity contribution is -0.115. The summed E-state index contributed by atoms with van der Waals surface area (Å²) in [5.41, 5.74) is 0.969. The molecule has 0 saturated carbocycles. The van der Waals surface area contributed by atoms with Crippen molar-refractivity contribution in [2.45, 2.75) is 24.7 Å². The first-order chi connectivity index (χ1) is 14.2. The van der Waals surface area contributed by atoms with E-state index in [4.69, 9.17) is 0 Å². The van der Waals surface area contributed by atoms with Crippen molar-refractivity contribution in [2.75, 3.05) is 11.1 Å². The van der Waals surface area contributed by atoms with E-state index in [-0.39, 0.29) is 17.1 Å². The largest absolute Gasteiger partial charge is 0.326 e. The van der Waals surface area contributed by atoms with Crippen LogP contribution in [0, 0.1) is 0 Å². The zero-order valence-electron chi connectivity index (χ0n) is 17.0. The van der Waals surface area contributed by atoms with Gasteiger partial charge < -0.3 is 14.5 Å². The van der Waals surface area contributed by atoms with E-state index in [2.05, 4.69) is 5.32 Å². The third kappa shape index (κ3) is 4.06. The molecule has 158 valence electrons. The molecule has 1 heterocycles. The molecule has 30 heavy (non-hydrogen) atoms. The summed E-state index contributed by atoms with van der Waals surface area (Å²) < 4.78 is 27.9. The Bertz CT molecular complexity index is 1350.